The maximum atomic E-state index is 11.3. The molecule has 1 amide bonds. The van der Waals surface area contributed by atoms with Crippen molar-refractivity contribution in [2.75, 3.05) is 32.5 Å². The number of nitrogens with two attached hydrogens (primary N) is 1. The minimum absolute atomic E-state index is 0.143. The van der Waals surface area contributed by atoms with E-state index < -0.39 is 11.9 Å². The largest absolute Gasteiger partial charge is 0.394 e. The lowest BCUT2D eigenvalue weighted by molar-refractivity contribution is -0.141. The van der Waals surface area contributed by atoms with Gasteiger partial charge in [0.1, 0.15) is 6.04 Å². The van der Waals surface area contributed by atoms with Crippen LogP contribution in [-0.2, 0) is 4.79 Å². The molecule has 6 heteroatoms. The number of nitrogens with zero attached hydrogens (tertiary/aromatic N) is 2. The van der Waals surface area contributed by atoms with E-state index in [4.69, 9.17) is 5.73 Å². The summed E-state index contributed by atoms with van der Waals surface area (Å²) in [5.41, 5.74) is 5.46. The molecule has 2 saturated heterocycles. The topological polar surface area (TPSA) is 69.8 Å². The number of carbonyl (C=O) groups excluding carboxylic acids is 1. The van der Waals surface area contributed by atoms with Crippen molar-refractivity contribution >= 4 is 18.5 Å². The molecule has 0 aliphatic carbocycles. The van der Waals surface area contributed by atoms with Gasteiger partial charge in [0.15, 0.2) is 0 Å². The van der Waals surface area contributed by atoms with E-state index in [1.54, 1.807) is 0 Å². The first-order valence-corrected chi connectivity index (χ1v) is 6.68. The summed E-state index contributed by atoms with van der Waals surface area (Å²) in [6.45, 7) is 1.70. The van der Waals surface area contributed by atoms with Gasteiger partial charge in [0.25, 0.3) is 0 Å². The molecule has 2 heterocycles. The summed E-state index contributed by atoms with van der Waals surface area (Å²) in [4.78, 5) is 15.7. The molecular weight excluding hydrogens is 238 g/mol. The molecule has 2 aliphatic heterocycles. The second-order valence-corrected chi connectivity index (χ2v) is 5.47. The van der Waals surface area contributed by atoms with Gasteiger partial charge in [0, 0.05) is 23.9 Å². The Kier molecular flexibility index (Phi) is 3.68. The van der Waals surface area contributed by atoms with Crippen LogP contribution in [0, 0.1) is 0 Å². The van der Waals surface area contributed by atoms with Crippen LogP contribution < -0.4 is 5.73 Å². The number of rotatable bonds is 4. The van der Waals surface area contributed by atoms with Gasteiger partial charge >= 0.3 is 0 Å². The number of hydrogen-bond acceptors (Lipinski definition) is 5. The van der Waals surface area contributed by atoms with E-state index in [2.05, 4.69) is 24.6 Å². The highest BCUT2D eigenvalue weighted by Crippen LogP contribution is 2.43. The second kappa shape index (κ2) is 4.76. The molecule has 0 bridgehead atoms. The third-order valence-electron chi connectivity index (χ3n) is 4.42. The number of primary amides is 1. The van der Waals surface area contributed by atoms with Crippen LogP contribution in [0.25, 0.3) is 0 Å². The van der Waals surface area contributed by atoms with E-state index in [9.17, 15) is 9.90 Å². The predicted molar refractivity (Wildman–Crippen MR) is 69.0 cm³/mol. The third-order valence-corrected chi connectivity index (χ3v) is 4.76. The Labute approximate surface area is 107 Å². The van der Waals surface area contributed by atoms with E-state index in [0.717, 1.165) is 19.5 Å². The van der Waals surface area contributed by atoms with Gasteiger partial charge in [-0.1, -0.05) is 0 Å². The van der Waals surface area contributed by atoms with Crippen LogP contribution in [0.5, 0.6) is 0 Å². The number of amides is 1. The third kappa shape index (κ3) is 1.87. The standard InChI is InChI=1S/C11H21N3O2S/c1-13-4-2-3-11(13)7-14(9(11)6-17)8(5-15)10(12)16/h8-9,15,17H,2-7H2,1H3,(H2,12,16)/t8-,9?,11?/m0/s1. The average Bonchev–Trinajstić information content (AvgIpc) is 2.62. The van der Waals surface area contributed by atoms with E-state index in [0.29, 0.717) is 5.75 Å². The van der Waals surface area contributed by atoms with Gasteiger partial charge in [-0.3, -0.25) is 14.6 Å². The molecule has 1 spiro atoms. The predicted octanol–water partition coefficient (Wildman–Crippen LogP) is -1.09. The lowest BCUT2D eigenvalue weighted by Gasteiger charge is -2.60. The van der Waals surface area contributed by atoms with Crippen molar-refractivity contribution in [3.8, 4) is 0 Å². The van der Waals surface area contributed by atoms with Crippen LogP contribution in [0.3, 0.4) is 0 Å². The highest BCUT2D eigenvalue weighted by Gasteiger charge is 2.58. The van der Waals surface area contributed by atoms with E-state index in [1.807, 2.05) is 4.90 Å². The number of hydrogen-bond donors (Lipinski definition) is 3. The minimum atomic E-state index is -0.563. The number of thiol groups is 1. The number of aliphatic hydroxyl groups excluding tert-OH is 1. The van der Waals surface area contributed by atoms with Crippen molar-refractivity contribution in [1.29, 1.82) is 0 Å². The van der Waals surface area contributed by atoms with Gasteiger partial charge in [-0.2, -0.15) is 12.6 Å². The number of likely N-dealkylation sites (N-methyl/N-ethyl adjacent to an activating group) is 1. The average molecular weight is 259 g/mol. The minimum Gasteiger partial charge on any atom is -0.394 e. The van der Waals surface area contributed by atoms with Gasteiger partial charge in [-0.25, -0.2) is 0 Å². The normalized spacial score (nSPS) is 36.1. The quantitative estimate of drug-likeness (QED) is 0.561. The fourth-order valence-corrected chi connectivity index (χ4v) is 3.89. The molecule has 17 heavy (non-hydrogen) atoms. The van der Waals surface area contributed by atoms with Crippen molar-refractivity contribution in [1.82, 2.24) is 9.80 Å². The molecular formula is C11H21N3O2S. The second-order valence-electron chi connectivity index (χ2n) is 5.10. The van der Waals surface area contributed by atoms with Gasteiger partial charge in [0.2, 0.25) is 5.91 Å². The highest BCUT2D eigenvalue weighted by molar-refractivity contribution is 7.80. The zero-order chi connectivity index (χ0) is 12.6. The Bertz CT molecular complexity index is 315. The molecule has 5 nitrogen and oxygen atoms in total. The van der Waals surface area contributed by atoms with Crippen molar-refractivity contribution in [3.63, 3.8) is 0 Å². The zero-order valence-corrected chi connectivity index (χ0v) is 11.1. The Morgan fingerprint density at radius 2 is 2.41 bits per heavy atom. The number of likely N-dealkylation sites (tertiary alicyclic amines) is 2. The molecule has 0 radical (unpaired) electrons. The van der Waals surface area contributed by atoms with Gasteiger partial charge in [0.05, 0.1) is 6.61 Å². The van der Waals surface area contributed by atoms with Crippen LogP contribution in [-0.4, -0.2) is 70.9 Å². The maximum Gasteiger partial charge on any atom is 0.237 e. The van der Waals surface area contributed by atoms with Crippen LogP contribution in [0.15, 0.2) is 0 Å². The van der Waals surface area contributed by atoms with E-state index >= 15 is 0 Å². The Balaban J connectivity index is 2.12. The lowest BCUT2D eigenvalue weighted by atomic mass is 9.77. The first-order valence-electron chi connectivity index (χ1n) is 6.05. The molecule has 2 fully saturated rings. The summed E-state index contributed by atoms with van der Waals surface area (Å²) in [7, 11) is 2.12. The molecule has 3 N–H and O–H groups in total. The summed E-state index contributed by atoms with van der Waals surface area (Å²) in [6, 6.07) is -0.352. The fourth-order valence-electron chi connectivity index (χ4n) is 3.35. The zero-order valence-electron chi connectivity index (χ0n) is 10.2. The van der Waals surface area contributed by atoms with Crippen molar-refractivity contribution in [2.24, 2.45) is 5.73 Å². The van der Waals surface area contributed by atoms with Crippen LogP contribution in [0.4, 0.5) is 0 Å². The maximum absolute atomic E-state index is 11.3. The highest BCUT2D eigenvalue weighted by atomic mass is 32.1. The number of carbonyl (C=O) groups is 1. The molecule has 98 valence electrons. The fraction of sp³-hybridized carbons (Fsp3) is 0.909. The monoisotopic (exact) mass is 259 g/mol. The van der Waals surface area contributed by atoms with E-state index in [-0.39, 0.29) is 18.2 Å². The lowest BCUT2D eigenvalue weighted by Crippen LogP contribution is -2.78. The molecule has 0 aromatic carbocycles. The SMILES string of the molecule is CN1CCCC12CN([C@@H](CO)C(N)=O)C2CS. The molecule has 2 aliphatic rings. The summed E-state index contributed by atoms with van der Waals surface area (Å²) >= 11 is 4.40. The number of aliphatic hydroxyl groups is 1. The molecule has 0 aromatic heterocycles. The van der Waals surface area contributed by atoms with Gasteiger partial charge in [-0.15, -0.1) is 0 Å². The first kappa shape index (κ1) is 13.1. The smallest absolute Gasteiger partial charge is 0.237 e. The molecule has 2 unspecified atom stereocenters. The summed E-state index contributed by atoms with van der Waals surface area (Å²) in [5.74, 6) is 0.239. The Morgan fingerprint density at radius 1 is 1.71 bits per heavy atom. The van der Waals surface area contributed by atoms with Crippen molar-refractivity contribution in [3.05, 3.63) is 0 Å². The molecule has 2 rings (SSSR count). The Hall–Kier alpha value is -0.300. The van der Waals surface area contributed by atoms with Crippen molar-refractivity contribution < 1.29 is 9.90 Å². The summed E-state index contributed by atoms with van der Waals surface area (Å²) in [5, 5.41) is 9.26. The first-order chi connectivity index (χ1) is 8.06. The summed E-state index contributed by atoms with van der Waals surface area (Å²) in [6.07, 6.45) is 2.33. The molecule has 3 atom stereocenters. The Morgan fingerprint density at radius 3 is 2.82 bits per heavy atom. The van der Waals surface area contributed by atoms with Crippen LogP contribution in [0.2, 0.25) is 0 Å². The molecule has 0 saturated carbocycles. The molecule has 0 aromatic rings. The van der Waals surface area contributed by atoms with Crippen LogP contribution in [0.1, 0.15) is 12.8 Å². The van der Waals surface area contributed by atoms with Gasteiger partial charge in [-0.05, 0) is 26.4 Å². The van der Waals surface area contributed by atoms with Gasteiger partial charge < -0.3 is 10.8 Å². The summed E-state index contributed by atoms with van der Waals surface area (Å²) < 4.78 is 0. The van der Waals surface area contributed by atoms with E-state index in [1.165, 1.54) is 6.42 Å². The van der Waals surface area contributed by atoms with Crippen molar-refractivity contribution in [2.45, 2.75) is 30.5 Å². The van der Waals surface area contributed by atoms with Crippen LogP contribution >= 0.6 is 12.6 Å².